The highest BCUT2D eigenvalue weighted by atomic mass is 32.1. The van der Waals surface area contributed by atoms with E-state index in [1.807, 2.05) is 0 Å². The summed E-state index contributed by atoms with van der Waals surface area (Å²) in [5, 5.41) is 3.77. The standard InChI is InChI=1S/C23H28N2S/c26-25-23(21-16-8-3-9-17-21)22(20-14-6-2-7-15-20)24-18-10-13-19-11-4-1-5-12-19/h1-4,6-9,12,14-17,22-26H,5,10-11,13,18H2/t22?,23-/m0/s1. The summed E-state index contributed by atoms with van der Waals surface area (Å²) in [4.78, 5) is 0. The molecule has 2 aromatic carbocycles. The number of nitrogens with one attached hydrogen (secondary N) is 2. The monoisotopic (exact) mass is 364 g/mol. The number of benzene rings is 2. The van der Waals surface area contributed by atoms with Crippen LogP contribution in [0.15, 0.2) is 84.5 Å². The van der Waals surface area contributed by atoms with Crippen LogP contribution in [0.5, 0.6) is 0 Å². The van der Waals surface area contributed by atoms with Gasteiger partial charge in [0.15, 0.2) is 0 Å². The molecule has 2 aromatic rings. The SMILES string of the molecule is SN[C@@H](c1ccccc1)C(NCCCC1=CCC=CC1)c1ccccc1. The fraction of sp³-hybridized carbons (Fsp3) is 0.304. The molecule has 0 fully saturated rings. The summed E-state index contributed by atoms with van der Waals surface area (Å²) in [5.41, 5.74) is 4.09. The van der Waals surface area contributed by atoms with Crippen LogP contribution in [0.4, 0.5) is 0 Å². The van der Waals surface area contributed by atoms with Crippen molar-refractivity contribution in [3.63, 3.8) is 0 Å². The first-order valence-corrected chi connectivity index (χ1v) is 9.89. The predicted molar refractivity (Wildman–Crippen MR) is 114 cm³/mol. The van der Waals surface area contributed by atoms with Crippen molar-refractivity contribution < 1.29 is 0 Å². The van der Waals surface area contributed by atoms with Gasteiger partial charge in [-0.2, -0.15) is 0 Å². The van der Waals surface area contributed by atoms with E-state index in [4.69, 9.17) is 0 Å². The second-order valence-electron chi connectivity index (χ2n) is 6.74. The van der Waals surface area contributed by atoms with E-state index in [9.17, 15) is 0 Å². The minimum atomic E-state index is 0.110. The van der Waals surface area contributed by atoms with Crippen LogP contribution < -0.4 is 10.0 Å². The van der Waals surface area contributed by atoms with Crippen LogP contribution in [0.25, 0.3) is 0 Å². The Kier molecular flexibility index (Phi) is 7.56. The van der Waals surface area contributed by atoms with Gasteiger partial charge in [0.1, 0.15) is 0 Å². The lowest BCUT2D eigenvalue weighted by atomic mass is 9.93. The number of rotatable bonds is 9. The maximum atomic E-state index is 4.44. The fourth-order valence-corrected chi connectivity index (χ4v) is 3.81. The normalized spacial score (nSPS) is 16.1. The van der Waals surface area contributed by atoms with Crippen molar-refractivity contribution in [1.82, 2.24) is 10.0 Å². The maximum Gasteiger partial charge on any atom is 0.0614 e. The lowest BCUT2D eigenvalue weighted by Gasteiger charge is -2.28. The van der Waals surface area contributed by atoms with Crippen LogP contribution in [-0.4, -0.2) is 6.54 Å². The summed E-state index contributed by atoms with van der Waals surface area (Å²) in [7, 11) is 0. The maximum absolute atomic E-state index is 4.44. The molecule has 0 bridgehead atoms. The van der Waals surface area contributed by atoms with E-state index in [1.165, 1.54) is 17.5 Å². The topological polar surface area (TPSA) is 24.1 Å². The molecule has 26 heavy (non-hydrogen) atoms. The zero-order chi connectivity index (χ0) is 18.0. The molecule has 0 radical (unpaired) electrons. The second-order valence-corrected chi connectivity index (χ2v) is 7.00. The van der Waals surface area contributed by atoms with Gasteiger partial charge >= 0.3 is 0 Å². The first-order chi connectivity index (χ1) is 12.9. The Morgan fingerprint density at radius 2 is 1.50 bits per heavy atom. The molecular formula is C23H28N2S. The van der Waals surface area contributed by atoms with Crippen LogP contribution in [0.2, 0.25) is 0 Å². The number of hydrogen-bond donors (Lipinski definition) is 3. The number of hydrogen-bond acceptors (Lipinski definition) is 3. The third-order valence-electron chi connectivity index (χ3n) is 4.92. The van der Waals surface area contributed by atoms with Crippen LogP contribution in [0.1, 0.15) is 48.9 Å². The second kappa shape index (κ2) is 10.4. The summed E-state index contributed by atoms with van der Waals surface area (Å²) in [6.07, 6.45) is 11.4. The van der Waals surface area contributed by atoms with Gasteiger partial charge in [-0.1, -0.05) is 97.3 Å². The number of allylic oxidation sites excluding steroid dienone is 4. The van der Waals surface area contributed by atoms with E-state index in [2.05, 4.69) is 102 Å². The van der Waals surface area contributed by atoms with Crippen molar-refractivity contribution in [2.45, 2.75) is 37.8 Å². The molecule has 136 valence electrons. The third kappa shape index (κ3) is 5.34. The molecule has 1 unspecified atom stereocenters. The quantitative estimate of drug-likeness (QED) is 0.309. The molecule has 0 spiro atoms. The van der Waals surface area contributed by atoms with Gasteiger partial charge in [0.25, 0.3) is 0 Å². The molecular weight excluding hydrogens is 336 g/mol. The van der Waals surface area contributed by atoms with E-state index in [0.29, 0.717) is 0 Å². The number of thiol groups is 1. The molecule has 3 rings (SSSR count). The van der Waals surface area contributed by atoms with Gasteiger partial charge in [-0.15, -0.1) is 0 Å². The predicted octanol–water partition coefficient (Wildman–Crippen LogP) is 5.55. The van der Waals surface area contributed by atoms with Crippen molar-refractivity contribution in [2.75, 3.05) is 6.54 Å². The van der Waals surface area contributed by atoms with Gasteiger partial charge in [-0.25, -0.2) is 0 Å². The molecule has 1 aliphatic rings. The van der Waals surface area contributed by atoms with E-state index in [-0.39, 0.29) is 12.1 Å². The molecule has 3 heteroatoms. The van der Waals surface area contributed by atoms with E-state index < -0.39 is 0 Å². The Bertz CT molecular complexity index is 710. The van der Waals surface area contributed by atoms with Gasteiger partial charge in [0.05, 0.1) is 12.1 Å². The van der Waals surface area contributed by atoms with Crippen molar-refractivity contribution in [3.8, 4) is 0 Å². The van der Waals surface area contributed by atoms with Gasteiger partial charge in [0, 0.05) is 0 Å². The Morgan fingerprint density at radius 3 is 2.08 bits per heavy atom. The van der Waals surface area contributed by atoms with Gasteiger partial charge in [-0.3, -0.25) is 4.72 Å². The zero-order valence-electron chi connectivity index (χ0n) is 15.1. The average Bonchev–Trinajstić information content (AvgIpc) is 2.72. The highest BCUT2D eigenvalue weighted by molar-refractivity contribution is 7.78. The van der Waals surface area contributed by atoms with E-state index in [1.54, 1.807) is 5.57 Å². The molecule has 0 heterocycles. The van der Waals surface area contributed by atoms with Crippen LogP contribution in [0, 0.1) is 0 Å². The molecule has 2 nitrogen and oxygen atoms in total. The van der Waals surface area contributed by atoms with Crippen LogP contribution in [0.3, 0.4) is 0 Å². The van der Waals surface area contributed by atoms with Crippen LogP contribution >= 0.6 is 12.8 Å². The van der Waals surface area contributed by atoms with E-state index in [0.717, 1.165) is 25.8 Å². The molecule has 0 aromatic heterocycles. The lowest BCUT2D eigenvalue weighted by molar-refractivity contribution is 0.432. The first-order valence-electron chi connectivity index (χ1n) is 9.44. The summed E-state index contributed by atoms with van der Waals surface area (Å²) in [5.74, 6) is 0. The van der Waals surface area contributed by atoms with Crippen LogP contribution in [-0.2, 0) is 0 Å². The van der Waals surface area contributed by atoms with Crippen molar-refractivity contribution >= 4 is 12.8 Å². The summed E-state index contributed by atoms with van der Waals surface area (Å²) in [6, 6.07) is 21.5. The van der Waals surface area contributed by atoms with Gasteiger partial charge < -0.3 is 5.32 Å². The minimum absolute atomic E-state index is 0.110. The van der Waals surface area contributed by atoms with Crippen molar-refractivity contribution in [1.29, 1.82) is 0 Å². The summed E-state index contributed by atoms with van der Waals surface area (Å²) >= 11 is 4.44. The molecule has 0 saturated carbocycles. The Hall–Kier alpha value is -1.81. The fourth-order valence-electron chi connectivity index (χ4n) is 3.52. The first kappa shape index (κ1) is 19.0. The summed E-state index contributed by atoms with van der Waals surface area (Å²) in [6.45, 7) is 0.986. The summed E-state index contributed by atoms with van der Waals surface area (Å²) < 4.78 is 3.22. The molecule has 2 N–H and O–H groups in total. The molecule has 1 aliphatic carbocycles. The Balaban J connectivity index is 1.66. The minimum Gasteiger partial charge on any atom is -0.308 e. The highest BCUT2D eigenvalue weighted by Crippen LogP contribution is 2.29. The Labute approximate surface area is 163 Å². The zero-order valence-corrected chi connectivity index (χ0v) is 16.0. The average molecular weight is 365 g/mol. The van der Waals surface area contributed by atoms with E-state index >= 15 is 0 Å². The molecule has 2 atom stereocenters. The molecule has 0 amide bonds. The van der Waals surface area contributed by atoms with Crippen molar-refractivity contribution in [2.24, 2.45) is 0 Å². The molecule has 0 aliphatic heterocycles. The Morgan fingerprint density at radius 1 is 0.846 bits per heavy atom. The smallest absolute Gasteiger partial charge is 0.0614 e. The van der Waals surface area contributed by atoms with Gasteiger partial charge in [0.2, 0.25) is 0 Å². The van der Waals surface area contributed by atoms with Crippen molar-refractivity contribution in [3.05, 3.63) is 95.6 Å². The lowest BCUT2D eigenvalue weighted by Crippen LogP contribution is -2.32. The largest absolute Gasteiger partial charge is 0.308 e. The third-order valence-corrected chi connectivity index (χ3v) is 5.20. The highest BCUT2D eigenvalue weighted by Gasteiger charge is 2.23. The van der Waals surface area contributed by atoms with Gasteiger partial charge in [-0.05, 0) is 43.4 Å². The molecule has 0 saturated heterocycles.